The summed E-state index contributed by atoms with van der Waals surface area (Å²) in [5.74, 6) is 1.18. The van der Waals surface area contributed by atoms with Crippen molar-refractivity contribution in [3.05, 3.63) is 18.1 Å². The second kappa shape index (κ2) is 7.19. The minimum absolute atomic E-state index is 0.150. The number of piperidine rings is 1. The lowest BCUT2D eigenvalue weighted by atomic mass is 9.94. The first-order valence-corrected chi connectivity index (χ1v) is 7.15. The quantitative estimate of drug-likeness (QED) is 0.839. The number of anilines is 1. The molecule has 1 aliphatic rings. The van der Waals surface area contributed by atoms with Gasteiger partial charge in [0.2, 0.25) is 0 Å². The lowest BCUT2D eigenvalue weighted by Crippen LogP contribution is -2.33. The molecule has 2 N–H and O–H groups in total. The van der Waals surface area contributed by atoms with Gasteiger partial charge < -0.3 is 15.5 Å². The Morgan fingerprint density at radius 3 is 2.85 bits per heavy atom. The fourth-order valence-electron chi connectivity index (χ4n) is 2.43. The van der Waals surface area contributed by atoms with Crippen LogP contribution in [0.1, 0.15) is 29.8 Å². The average molecular weight is 277 g/mol. The van der Waals surface area contributed by atoms with Crippen LogP contribution < -0.4 is 10.6 Å². The molecule has 1 amide bonds. The largest absolute Gasteiger partial charge is 0.372 e. The Labute approximate surface area is 120 Å². The number of hydrogen-bond acceptors (Lipinski definition) is 5. The van der Waals surface area contributed by atoms with E-state index < -0.39 is 0 Å². The summed E-state index contributed by atoms with van der Waals surface area (Å²) in [6.45, 7) is 3.03. The zero-order valence-electron chi connectivity index (χ0n) is 12.2. The van der Waals surface area contributed by atoms with Gasteiger partial charge in [-0.05, 0) is 45.3 Å². The molecule has 6 nitrogen and oxygen atoms in total. The van der Waals surface area contributed by atoms with Crippen LogP contribution in [0.3, 0.4) is 0 Å². The zero-order valence-corrected chi connectivity index (χ0v) is 12.2. The zero-order chi connectivity index (χ0) is 14.4. The lowest BCUT2D eigenvalue weighted by molar-refractivity contribution is 0.0943. The molecule has 20 heavy (non-hydrogen) atoms. The van der Waals surface area contributed by atoms with Crippen LogP contribution in [0.2, 0.25) is 0 Å². The standard InChI is InChI=1S/C14H23N5O/c1-15-13-10-16-9-12(18-13)14(20)17-6-3-11-4-7-19(2)8-5-11/h9-11H,3-8H2,1-2H3,(H,15,18)(H,17,20). The molecule has 0 bridgehead atoms. The Balaban J connectivity index is 1.74. The maximum Gasteiger partial charge on any atom is 0.271 e. The van der Waals surface area contributed by atoms with Gasteiger partial charge in [-0.1, -0.05) is 0 Å². The van der Waals surface area contributed by atoms with Gasteiger partial charge in [0.25, 0.3) is 5.91 Å². The Kier molecular flexibility index (Phi) is 5.29. The highest BCUT2D eigenvalue weighted by Crippen LogP contribution is 2.18. The van der Waals surface area contributed by atoms with Crippen LogP contribution in [0.15, 0.2) is 12.4 Å². The Hall–Kier alpha value is -1.69. The Morgan fingerprint density at radius 1 is 1.40 bits per heavy atom. The topological polar surface area (TPSA) is 70.2 Å². The summed E-state index contributed by atoms with van der Waals surface area (Å²) < 4.78 is 0. The van der Waals surface area contributed by atoms with E-state index in [4.69, 9.17) is 0 Å². The van der Waals surface area contributed by atoms with Crippen molar-refractivity contribution in [2.45, 2.75) is 19.3 Å². The number of carbonyl (C=O) groups excluding carboxylic acids is 1. The van der Waals surface area contributed by atoms with Gasteiger partial charge in [-0.3, -0.25) is 9.78 Å². The van der Waals surface area contributed by atoms with E-state index in [9.17, 15) is 4.79 Å². The van der Waals surface area contributed by atoms with E-state index in [-0.39, 0.29) is 5.91 Å². The minimum atomic E-state index is -0.150. The van der Waals surface area contributed by atoms with E-state index in [1.54, 1.807) is 13.2 Å². The van der Waals surface area contributed by atoms with E-state index in [2.05, 4.69) is 32.5 Å². The van der Waals surface area contributed by atoms with Crippen LogP contribution in [-0.2, 0) is 0 Å². The molecule has 1 fully saturated rings. The first-order valence-electron chi connectivity index (χ1n) is 7.15. The third kappa shape index (κ3) is 4.16. The number of likely N-dealkylation sites (tertiary alicyclic amines) is 1. The van der Waals surface area contributed by atoms with Crippen LogP contribution in [0.5, 0.6) is 0 Å². The summed E-state index contributed by atoms with van der Waals surface area (Å²) in [5, 5.41) is 5.80. The monoisotopic (exact) mass is 277 g/mol. The molecule has 1 aromatic rings. The van der Waals surface area contributed by atoms with E-state index in [0.717, 1.165) is 25.4 Å². The fraction of sp³-hybridized carbons (Fsp3) is 0.643. The second-order valence-electron chi connectivity index (χ2n) is 5.33. The molecule has 2 rings (SSSR count). The molecule has 0 atom stereocenters. The highest BCUT2D eigenvalue weighted by Gasteiger charge is 2.16. The van der Waals surface area contributed by atoms with Gasteiger partial charge in [-0.25, -0.2) is 4.98 Å². The van der Waals surface area contributed by atoms with Crippen molar-refractivity contribution >= 4 is 11.7 Å². The first kappa shape index (κ1) is 14.7. The molecule has 0 radical (unpaired) electrons. The van der Waals surface area contributed by atoms with Crippen LogP contribution in [0.25, 0.3) is 0 Å². The molecule has 0 spiro atoms. The second-order valence-corrected chi connectivity index (χ2v) is 5.33. The van der Waals surface area contributed by atoms with Crippen LogP contribution in [0, 0.1) is 5.92 Å². The van der Waals surface area contributed by atoms with Crippen molar-refractivity contribution in [3.63, 3.8) is 0 Å². The van der Waals surface area contributed by atoms with Gasteiger partial charge in [0.15, 0.2) is 0 Å². The molecule has 0 unspecified atom stereocenters. The highest BCUT2D eigenvalue weighted by molar-refractivity contribution is 5.92. The van der Waals surface area contributed by atoms with E-state index in [0.29, 0.717) is 18.1 Å². The van der Waals surface area contributed by atoms with Crippen molar-refractivity contribution < 1.29 is 4.79 Å². The molecular weight excluding hydrogens is 254 g/mol. The fourth-order valence-corrected chi connectivity index (χ4v) is 2.43. The van der Waals surface area contributed by atoms with Gasteiger partial charge in [0, 0.05) is 13.6 Å². The number of nitrogens with zero attached hydrogens (tertiary/aromatic N) is 3. The molecule has 0 aromatic carbocycles. The van der Waals surface area contributed by atoms with Crippen LogP contribution in [-0.4, -0.2) is 54.5 Å². The van der Waals surface area contributed by atoms with Gasteiger partial charge in [-0.15, -0.1) is 0 Å². The summed E-state index contributed by atoms with van der Waals surface area (Å²) in [7, 11) is 3.91. The summed E-state index contributed by atoms with van der Waals surface area (Å²) in [6, 6.07) is 0. The highest BCUT2D eigenvalue weighted by atomic mass is 16.1. The lowest BCUT2D eigenvalue weighted by Gasteiger charge is -2.28. The predicted octanol–water partition coefficient (Wildman–Crippen LogP) is 0.980. The molecule has 1 aliphatic heterocycles. The minimum Gasteiger partial charge on any atom is -0.372 e. The van der Waals surface area contributed by atoms with Crippen molar-refractivity contribution in [2.24, 2.45) is 5.92 Å². The average Bonchev–Trinajstić information content (AvgIpc) is 2.49. The number of aromatic nitrogens is 2. The third-order valence-electron chi connectivity index (χ3n) is 3.80. The molecule has 0 saturated carbocycles. The van der Waals surface area contributed by atoms with Crippen LogP contribution in [0.4, 0.5) is 5.82 Å². The van der Waals surface area contributed by atoms with Gasteiger partial charge >= 0.3 is 0 Å². The van der Waals surface area contributed by atoms with Gasteiger partial charge in [-0.2, -0.15) is 0 Å². The molecule has 0 aliphatic carbocycles. The molecule has 6 heteroatoms. The summed E-state index contributed by atoms with van der Waals surface area (Å²) >= 11 is 0. The SMILES string of the molecule is CNc1cncc(C(=O)NCCC2CCN(C)CC2)n1. The van der Waals surface area contributed by atoms with Crippen molar-refractivity contribution in [1.29, 1.82) is 0 Å². The maximum absolute atomic E-state index is 12.0. The Morgan fingerprint density at radius 2 is 2.15 bits per heavy atom. The number of nitrogens with one attached hydrogen (secondary N) is 2. The van der Waals surface area contributed by atoms with Crippen LogP contribution >= 0.6 is 0 Å². The maximum atomic E-state index is 12.0. The number of amides is 1. The molecule has 1 aromatic heterocycles. The molecule has 1 saturated heterocycles. The van der Waals surface area contributed by atoms with Gasteiger partial charge in [0.1, 0.15) is 11.5 Å². The first-order chi connectivity index (χ1) is 9.69. The normalized spacial score (nSPS) is 16.9. The molecular formula is C14H23N5O. The Bertz CT molecular complexity index is 443. The van der Waals surface area contributed by atoms with E-state index in [1.807, 2.05) is 0 Å². The number of carbonyl (C=O) groups is 1. The number of hydrogen-bond donors (Lipinski definition) is 2. The van der Waals surface area contributed by atoms with E-state index in [1.165, 1.54) is 19.0 Å². The smallest absolute Gasteiger partial charge is 0.271 e. The summed E-state index contributed by atoms with van der Waals surface area (Å²) in [5.41, 5.74) is 0.361. The predicted molar refractivity (Wildman–Crippen MR) is 78.7 cm³/mol. The third-order valence-corrected chi connectivity index (χ3v) is 3.80. The van der Waals surface area contributed by atoms with Gasteiger partial charge in [0.05, 0.1) is 12.4 Å². The van der Waals surface area contributed by atoms with Crippen molar-refractivity contribution in [3.8, 4) is 0 Å². The van der Waals surface area contributed by atoms with Crippen molar-refractivity contribution in [2.75, 3.05) is 39.0 Å². The summed E-state index contributed by atoms with van der Waals surface area (Å²) in [6.07, 6.45) is 6.57. The van der Waals surface area contributed by atoms with Crippen molar-refractivity contribution in [1.82, 2.24) is 20.2 Å². The molecule has 110 valence electrons. The molecule has 2 heterocycles. The number of rotatable bonds is 5. The van der Waals surface area contributed by atoms with E-state index >= 15 is 0 Å². The summed E-state index contributed by atoms with van der Waals surface area (Å²) in [4.78, 5) is 22.5.